The standard InChI is InChI=1S/C7H5F2NO4/c8-5(9)2-1-10-6(12)3(4(2)11)7(13)14/h1,5H,(H,13,14)(H2,10,11,12). The smallest absolute Gasteiger partial charge is 0.345 e. The van der Waals surface area contributed by atoms with E-state index >= 15 is 0 Å². The van der Waals surface area contributed by atoms with Crippen LogP contribution in [0.5, 0.6) is 5.75 Å². The van der Waals surface area contributed by atoms with Gasteiger partial charge >= 0.3 is 5.97 Å². The van der Waals surface area contributed by atoms with Crippen LogP contribution >= 0.6 is 0 Å². The van der Waals surface area contributed by atoms with Gasteiger partial charge < -0.3 is 15.2 Å². The molecular formula is C7H5F2NO4. The van der Waals surface area contributed by atoms with Gasteiger partial charge in [0.25, 0.3) is 12.0 Å². The number of hydrogen-bond acceptors (Lipinski definition) is 3. The van der Waals surface area contributed by atoms with E-state index in [1.54, 1.807) is 4.98 Å². The molecular weight excluding hydrogens is 200 g/mol. The second kappa shape index (κ2) is 3.44. The zero-order valence-corrected chi connectivity index (χ0v) is 6.62. The molecule has 7 heteroatoms. The van der Waals surface area contributed by atoms with Crippen LogP contribution < -0.4 is 5.56 Å². The van der Waals surface area contributed by atoms with Crippen LogP contribution in [0.15, 0.2) is 11.0 Å². The molecule has 0 amide bonds. The van der Waals surface area contributed by atoms with Gasteiger partial charge in [0.2, 0.25) is 0 Å². The lowest BCUT2D eigenvalue weighted by atomic mass is 10.2. The molecule has 1 aromatic rings. The summed E-state index contributed by atoms with van der Waals surface area (Å²) in [5.74, 6) is -2.96. The van der Waals surface area contributed by atoms with Gasteiger partial charge in [-0.05, 0) is 0 Å². The second-order valence-corrected chi connectivity index (χ2v) is 2.40. The number of H-pyrrole nitrogens is 1. The molecule has 0 radical (unpaired) electrons. The summed E-state index contributed by atoms with van der Waals surface area (Å²) in [6, 6.07) is 0. The molecule has 0 bridgehead atoms. The number of nitrogens with one attached hydrogen (secondary N) is 1. The predicted octanol–water partition coefficient (Wildman–Crippen LogP) is 0.716. The van der Waals surface area contributed by atoms with Crippen molar-refractivity contribution in [1.29, 1.82) is 0 Å². The summed E-state index contributed by atoms with van der Waals surface area (Å²) < 4.78 is 24.3. The summed E-state index contributed by atoms with van der Waals surface area (Å²) in [5.41, 5.74) is -3.12. The molecule has 0 saturated carbocycles. The number of carbonyl (C=O) groups is 1. The van der Waals surface area contributed by atoms with Crippen LogP contribution in [-0.2, 0) is 0 Å². The molecule has 1 rings (SSSR count). The van der Waals surface area contributed by atoms with E-state index in [2.05, 4.69) is 0 Å². The Labute approximate surface area is 75.6 Å². The first kappa shape index (κ1) is 10.2. The summed E-state index contributed by atoms with van der Waals surface area (Å²) in [6.07, 6.45) is -2.47. The largest absolute Gasteiger partial charge is 0.506 e. The number of carboxylic acids is 1. The van der Waals surface area contributed by atoms with Gasteiger partial charge in [0, 0.05) is 6.20 Å². The van der Waals surface area contributed by atoms with Crippen LogP contribution in [-0.4, -0.2) is 21.2 Å². The summed E-state index contributed by atoms with van der Waals surface area (Å²) in [6.45, 7) is 0. The van der Waals surface area contributed by atoms with Crippen molar-refractivity contribution in [3.63, 3.8) is 0 Å². The molecule has 1 aromatic heterocycles. The predicted molar refractivity (Wildman–Crippen MR) is 40.6 cm³/mol. The van der Waals surface area contributed by atoms with Gasteiger partial charge in [0.15, 0.2) is 5.56 Å². The average Bonchev–Trinajstić information content (AvgIpc) is 2.02. The van der Waals surface area contributed by atoms with E-state index in [-0.39, 0.29) is 0 Å². The Morgan fingerprint density at radius 3 is 2.50 bits per heavy atom. The molecule has 0 aliphatic carbocycles. The zero-order chi connectivity index (χ0) is 10.9. The van der Waals surface area contributed by atoms with Crippen LogP contribution in [0, 0.1) is 0 Å². The lowest BCUT2D eigenvalue weighted by molar-refractivity contribution is 0.0690. The van der Waals surface area contributed by atoms with E-state index in [1.807, 2.05) is 0 Å². The zero-order valence-electron chi connectivity index (χ0n) is 6.62. The molecule has 0 spiro atoms. The number of pyridine rings is 1. The van der Waals surface area contributed by atoms with Gasteiger partial charge in [-0.25, -0.2) is 13.6 Å². The van der Waals surface area contributed by atoms with E-state index in [4.69, 9.17) is 10.2 Å². The van der Waals surface area contributed by atoms with E-state index in [9.17, 15) is 18.4 Å². The van der Waals surface area contributed by atoms with Gasteiger partial charge in [-0.15, -0.1) is 0 Å². The van der Waals surface area contributed by atoms with Crippen molar-refractivity contribution in [2.75, 3.05) is 0 Å². The number of alkyl halides is 2. The van der Waals surface area contributed by atoms with Crippen molar-refractivity contribution in [3.05, 3.63) is 27.7 Å². The van der Waals surface area contributed by atoms with Crippen molar-refractivity contribution in [1.82, 2.24) is 4.98 Å². The molecule has 0 atom stereocenters. The quantitative estimate of drug-likeness (QED) is 0.663. The topological polar surface area (TPSA) is 90.4 Å². The molecule has 14 heavy (non-hydrogen) atoms. The Kier molecular flexibility index (Phi) is 2.50. The first-order valence-corrected chi connectivity index (χ1v) is 3.41. The Bertz CT molecular complexity index is 426. The van der Waals surface area contributed by atoms with E-state index < -0.39 is 34.8 Å². The monoisotopic (exact) mass is 205 g/mol. The number of hydrogen-bond donors (Lipinski definition) is 3. The highest BCUT2D eigenvalue weighted by Crippen LogP contribution is 2.28. The maximum absolute atomic E-state index is 12.1. The van der Waals surface area contributed by atoms with Gasteiger partial charge in [-0.3, -0.25) is 4.79 Å². The first-order chi connectivity index (χ1) is 6.45. The molecule has 3 N–H and O–H groups in total. The normalized spacial score (nSPS) is 10.5. The summed E-state index contributed by atoms with van der Waals surface area (Å²) >= 11 is 0. The van der Waals surface area contributed by atoms with Crippen LogP contribution in [0.25, 0.3) is 0 Å². The highest BCUT2D eigenvalue weighted by molar-refractivity contribution is 5.90. The third-order valence-corrected chi connectivity index (χ3v) is 1.55. The SMILES string of the molecule is O=C(O)c1c(O)c(C(F)F)c[nH]c1=O. The van der Waals surface area contributed by atoms with Crippen molar-refractivity contribution in [2.45, 2.75) is 6.43 Å². The van der Waals surface area contributed by atoms with E-state index in [0.717, 1.165) is 0 Å². The van der Waals surface area contributed by atoms with Crippen LogP contribution in [0.3, 0.4) is 0 Å². The Morgan fingerprint density at radius 1 is 1.50 bits per heavy atom. The second-order valence-electron chi connectivity index (χ2n) is 2.40. The minimum absolute atomic E-state index is 0.578. The number of aromatic amines is 1. The number of rotatable bonds is 2. The van der Waals surface area contributed by atoms with Gasteiger partial charge in [0.05, 0.1) is 5.56 Å². The maximum atomic E-state index is 12.1. The van der Waals surface area contributed by atoms with Crippen molar-refractivity contribution in [2.24, 2.45) is 0 Å². The molecule has 0 aromatic carbocycles. The molecule has 1 heterocycles. The van der Waals surface area contributed by atoms with E-state index in [0.29, 0.717) is 6.20 Å². The van der Waals surface area contributed by atoms with Gasteiger partial charge in [-0.2, -0.15) is 0 Å². The molecule has 0 fully saturated rings. The summed E-state index contributed by atoms with van der Waals surface area (Å²) in [5, 5.41) is 17.5. The number of aromatic hydroxyl groups is 1. The third kappa shape index (κ3) is 1.56. The molecule has 0 aliphatic heterocycles. The van der Waals surface area contributed by atoms with Crippen LogP contribution in [0.2, 0.25) is 0 Å². The Balaban J connectivity index is 3.49. The number of aromatic carboxylic acids is 1. The first-order valence-electron chi connectivity index (χ1n) is 3.41. The van der Waals surface area contributed by atoms with Gasteiger partial charge in [-0.1, -0.05) is 0 Å². The molecule has 76 valence electrons. The lowest BCUT2D eigenvalue weighted by Gasteiger charge is -2.04. The van der Waals surface area contributed by atoms with Gasteiger partial charge in [0.1, 0.15) is 5.75 Å². The Hall–Kier alpha value is -1.92. The number of carboxylic acid groups (broad SMARTS) is 1. The fourth-order valence-corrected chi connectivity index (χ4v) is 0.900. The minimum atomic E-state index is -3.05. The summed E-state index contributed by atoms with van der Waals surface area (Å²) in [7, 11) is 0. The fraction of sp³-hybridized carbons (Fsp3) is 0.143. The van der Waals surface area contributed by atoms with Crippen molar-refractivity contribution >= 4 is 5.97 Å². The lowest BCUT2D eigenvalue weighted by Crippen LogP contribution is -2.18. The highest BCUT2D eigenvalue weighted by atomic mass is 19.3. The molecule has 0 saturated heterocycles. The van der Waals surface area contributed by atoms with Crippen molar-refractivity contribution < 1.29 is 23.8 Å². The summed E-state index contributed by atoms with van der Waals surface area (Å²) in [4.78, 5) is 23.0. The highest BCUT2D eigenvalue weighted by Gasteiger charge is 2.22. The minimum Gasteiger partial charge on any atom is -0.506 e. The van der Waals surface area contributed by atoms with E-state index in [1.165, 1.54) is 0 Å². The molecule has 0 unspecified atom stereocenters. The molecule has 0 aliphatic rings. The van der Waals surface area contributed by atoms with Crippen molar-refractivity contribution in [3.8, 4) is 5.75 Å². The number of halogens is 2. The fourth-order valence-electron chi connectivity index (χ4n) is 0.900. The third-order valence-electron chi connectivity index (χ3n) is 1.55. The number of aromatic nitrogens is 1. The molecule has 5 nitrogen and oxygen atoms in total. The van der Waals surface area contributed by atoms with Crippen LogP contribution in [0.4, 0.5) is 8.78 Å². The average molecular weight is 205 g/mol. The maximum Gasteiger partial charge on any atom is 0.345 e. The van der Waals surface area contributed by atoms with Crippen LogP contribution in [0.1, 0.15) is 22.3 Å². The Morgan fingerprint density at radius 2 is 2.07 bits per heavy atom.